The van der Waals surface area contributed by atoms with Crippen LogP contribution in [-0.4, -0.2) is 33.2 Å². The van der Waals surface area contributed by atoms with E-state index in [4.69, 9.17) is 9.47 Å². The summed E-state index contributed by atoms with van der Waals surface area (Å²) in [6, 6.07) is 5.47. The third-order valence-corrected chi connectivity index (χ3v) is 3.41. The first-order valence-electron chi connectivity index (χ1n) is 6.38. The molecule has 1 aromatic rings. The number of hydrogen-bond acceptors (Lipinski definition) is 4. The molecule has 112 valence electrons. The van der Waals surface area contributed by atoms with E-state index in [9.17, 15) is 4.79 Å². The van der Waals surface area contributed by atoms with Gasteiger partial charge in [-0.15, -0.1) is 12.4 Å². The molecule has 0 spiro atoms. The fourth-order valence-electron chi connectivity index (χ4n) is 2.06. The number of halogens is 1. The molecule has 1 fully saturated rings. The fraction of sp³-hybridized carbons (Fsp3) is 0.500. The summed E-state index contributed by atoms with van der Waals surface area (Å²) in [5.41, 5.74) is 0.919. The van der Waals surface area contributed by atoms with E-state index in [0.717, 1.165) is 30.2 Å². The van der Waals surface area contributed by atoms with Crippen LogP contribution in [0.4, 0.5) is 0 Å². The maximum atomic E-state index is 11.9. The Morgan fingerprint density at radius 2 is 2.05 bits per heavy atom. The lowest BCUT2D eigenvalue weighted by molar-refractivity contribution is -0.127. The van der Waals surface area contributed by atoms with Crippen LogP contribution in [0.25, 0.3) is 0 Å². The van der Waals surface area contributed by atoms with Crippen molar-refractivity contribution in [2.45, 2.75) is 13.0 Å². The van der Waals surface area contributed by atoms with Gasteiger partial charge in [-0.05, 0) is 25.1 Å². The van der Waals surface area contributed by atoms with Gasteiger partial charge in [0.1, 0.15) is 11.5 Å². The Bertz CT molecular complexity index is 464. The number of amides is 1. The van der Waals surface area contributed by atoms with Crippen LogP contribution in [0.5, 0.6) is 11.5 Å². The highest BCUT2D eigenvalue weighted by atomic mass is 35.5. The number of benzene rings is 1. The van der Waals surface area contributed by atoms with E-state index in [2.05, 4.69) is 10.6 Å². The maximum Gasteiger partial charge on any atom is 0.226 e. The summed E-state index contributed by atoms with van der Waals surface area (Å²) in [5, 5.41) is 6.10. The molecule has 0 radical (unpaired) electrons. The average Bonchev–Trinajstić information content (AvgIpc) is 2.35. The third kappa shape index (κ3) is 3.55. The van der Waals surface area contributed by atoms with Crippen molar-refractivity contribution in [2.24, 2.45) is 5.92 Å². The monoisotopic (exact) mass is 300 g/mol. The lowest BCUT2D eigenvalue weighted by Crippen LogP contribution is -2.51. The highest BCUT2D eigenvalue weighted by molar-refractivity contribution is 5.85. The van der Waals surface area contributed by atoms with Crippen LogP contribution in [0.15, 0.2) is 18.2 Å². The van der Waals surface area contributed by atoms with Crippen LogP contribution < -0.4 is 20.1 Å². The molecule has 2 rings (SSSR count). The number of ether oxygens (including phenoxy) is 2. The van der Waals surface area contributed by atoms with E-state index < -0.39 is 0 Å². The molecule has 1 amide bonds. The van der Waals surface area contributed by atoms with Crippen molar-refractivity contribution in [1.82, 2.24) is 10.6 Å². The normalized spacial score (nSPS) is 15.6. The van der Waals surface area contributed by atoms with Crippen LogP contribution in [0.1, 0.15) is 18.5 Å². The third-order valence-electron chi connectivity index (χ3n) is 3.41. The molecule has 6 heteroatoms. The molecule has 1 aromatic carbocycles. The molecule has 0 saturated carbocycles. The Morgan fingerprint density at radius 1 is 1.35 bits per heavy atom. The summed E-state index contributed by atoms with van der Waals surface area (Å²) >= 11 is 0. The van der Waals surface area contributed by atoms with Gasteiger partial charge in [0.2, 0.25) is 5.91 Å². The highest BCUT2D eigenvalue weighted by Gasteiger charge is 2.26. The molecule has 1 unspecified atom stereocenters. The second kappa shape index (κ2) is 7.36. The number of carbonyl (C=O) groups is 1. The lowest BCUT2D eigenvalue weighted by Gasteiger charge is -2.28. The summed E-state index contributed by atoms with van der Waals surface area (Å²) in [6.07, 6.45) is 0. The molecule has 1 aliphatic rings. The average molecular weight is 301 g/mol. The van der Waals surface area contributed by atoms with Gasteiger partial charge in [-0.2, -0.15) is 0 Å². The van der Waals surface area contributed by atoms with Crippen molar-refractivity contribution in [2.75, 3.05) is 27.3 Å². The molecule has 1 atom stereocenters. The second-order valence-corrected chi connectivity index (χ2v) is 4.69. The van der Waals surface area contributed by atoms with Crippen LogP contribution in [0, 0.1) is 5.92 Å². The summed E-state index contributed by atoms with van der Waals surface area (Å²) in [5.74, 6) is 1.66. The lowest BCUT2D eigenvalue weighted by atomic mass is 10.0. The molecule has 0 aromatic heterocycles. The van der Waals surface area contributed by atoms with Crippen molar-refractivity contribution in [3.05, 3.63) is 23.8 Å². The first kappa shape index (κ1) is 16.6. The number of nitrogens with one attached hydrogen (secondary N) is 2. The topological polar surface area (TPSA) is 59.6 Å². The van der Waals surface area contributed by atoms with E-state index >= 15 is 0 Å². The molecule has 20 heavy (non-hydrogen) atoms. The minimum absolute atomic E-state index is 0. The van der Waals surface area contributed by atoms with Crippen molar-refractivity contribution < 1.29 is 14.3 Å². The van der Waals surface area contributed by atoms with Crippen molar-refractivity contribution in [1.29, 1.82) is 0 Å². The molecular formula is C14H21ClN2O3. The van der Waals surface area contributed by atoms with E-state index in [-0.39, 0.29) is 30.3 Å². The molecular weight excluding hydrogens is 280 g/mol. The summed E-state index contributed by atoms with van der Waals surface area (Å²) in [6.45, 7) is 3.46. The minimum atomic E-state index is -0.113. The zero-order valence-corrected chi connectivity index (χ0v) is 12.8. The van der Waals surface area contributed by atoms with Gasteiger partial charge >= 0.3 is 0 Å². The Labute approximate surface area is 125 Å². The van der Waals surface area contributed by atoms with Crippen LogP contribution >= 0.6 is 12.4 Å². The Hall–Kier alpha value is -1.46. The van der Waals surface area contributed by atoms with Crippen molar-refractivity contribution in [3.63, 3.8) is 0 Å². The molecule has 0 bridgehead atoms. The minimum Gasteiger partial charge on any atom is -0.497 e. The SMILES string of the molecule is COc1ccc(OC)c(C(C)NC(=O)C2CNC2)c1.Cl. The maximum absolute atomic E-state index is 11.9. The predicted molar refractivity (Wildman–Crippen MR) is 79.7 cm³/mol. The van der Waals surface area contributed by atoms with E-state index in [1.54, 1.807) is 14.2 Å². The molecule has 2 N–H and O–H groups in total. The van der Waals surface area contributed by atoms with E-state index in [0.29, 0.717) is 0 Å². The first-order valence-corrected chi connectivity index (χ1v) is 6.38. The largest absolute Gasteiger partial charge is 0.497 e. The Morgan fingerprint density at radius 3 is 2.55 bits per heavy atom. The zero-order chi connectivity index (χ0) is 13.8. The zero-order valence-electron chi connectivity index (χ0n) is 11.9. The molecule has 0 aliphatic carbocycles. The van der Waals surface area contributed by atoms with E-state index in [1.165, 1.54) is 0 Å². The fourth-order valence-corrected chi connectivity index (χ4v) is 2.06. The van der Waals surface area contributed by atoms with Gasteiger partial charge in [0.15, 0.2) is 0 Å². The highest BCUT2D eigenvalue weighted by Crippen LogP contribution is 2.29. The summed E-state index contributed by atoms with van der Waals surface area (Å²) < 4.78 is 10.5. The van der Waals surface area contributed by atoms with Gasteiger partial charge in [0, 0.05) is 18.7 Å². The summed E-state index contributed by atoms with van der Waals surface area (Å²) in [4.78, 5) is 11.9. The van der Waals surface area contributed by atoms with Crippen molar-refractivity contribution >= 4 is 18.3 Å². The van der Waals surface area contributed by atoms with Crippen LogP contribution in [0.2, 0.25) is 0 Å². The number of methoxy groups -OCH3 is 2. The predicted octanol–water partition coefficient (Wildman–Crippen LogP) is 1.52. The van der Waals surface area contributed by atoms with Gasteiger partial charge in [-0.25, -0.2) is 0 Å². The molecule has 5 nitrogen and oxygen atoms in total. The second-order valence-electron chi connectivity index (χ2n) is 4.69. The van der Waals surface area contributed by atoms with Gasteiger partial charge < -0.3 is 20.1 Å². The Balaban J connectivity index is 0.00000200. The van der Waals surface area contributed by atoms with Crippen LogP contribution in [-0.2, 0) is 4.79 Å². The number of rotatable bonds is 5. The molecule has 1 heterocycles. The van der Waals surface area contributed by atoms with E-state index in [1.807, 2.05) is 25.1 Å². The molecule has 1 saturated heterocycles. The first-order chi connectivity index (χ1) is 9.15. The van der Waals surface area contributed by atoms with Gasteiger partial charge in [0.05, 0.1) is 26.2 Å². The summed E-state index contributed by atoms with van der Waals surface area (Å²) in [7, 11) is 3.24. The quantitative estimate of drug-likeness (QED) is 0.866. The number of carbonyl (C=O) groups excluding carboxylic acids is 1. The van der Waals surface area contributed by atoms with Gasteiger partial charge in [-0.1, -0.05) is 0 Å². The molecule has 1 aliphatic heterocycles. The smallest absolute Gasteiger partial charge is 0.226 e. The van der Waals surface area contributed by atoms with Crippen molar-refractivity contribution in [3.8, 4) is 11.5 Å². The van der Waals surface area contributed by atoms with Gasteiger partial charge in [-0.3, -0.25) is 4.79 Å². The number of hydrogen-bond donors (Lipinski definition) is 2. The Kier molecular flexibility index (Phi) is 6.10. The van der Waals surface area contributed by atoms with Crippen LogP contribution in [0.3, 0.4) is 0 Å². The standard InChI is InChI=1S/C14H20N2O3.ClH/c1-9(16-14(17)10-7-15-8-10)12-6-11(18-2)4-5-13(12)19-3;/h4-6,9-10,15H,7-8H2,1-3H3,(H,16,17);1H. The van der Waals surface area contributed by atoms with Gasteiger partial charge in [0.25, 0.3) is 0 Å².